The van der Waals surface area contributed by atoms with Crippen molar-refractivity contribution < 1.29 is 5.21 Å². The van der Waals surface area contributed by atoms with Gasteiger partial charge in [0.2, 0.25) is 0 Å². The molecule has 1 aromatic heterocycles. The molecule has 0 aliphatic carbocycles. The second kappa shape index (κ2) is 4.15. The van der Waals surface area contributed by atoms with E-state index in [-0.39, 0.29) is 0 Å². The van der Waals surface area contributed by atoms with E-state index in [9.17, 15) is 0 Å². The zero-order chi connectivity index (χ0) is 8.97. The van der Waals surface area contributed by atoms with Gasteiger partial charge in [0, 0.05) is 0 Å². The van der Waals surface area contributed by atoms with Crippen LogP contribution >= 0.6 is 11.7 Å². The summed E-state index contributed by atoms with van der Waals surface area (Å²) in [7, 11) is 0. The maximum absolute atomic E-state index is 8.68. The standard InChI is InChI=1S/C7H11N3OS/c1-3-4-6(8-11)7-5(2)9-12-10-7/h11H,3-4H2,1-2H3/b8-6-. The van der Waals surface area contributed by atoms with E-state index in [1.54, 1.807) is 0 Å². The van der Waals surface area contributed by atoms with E-state index in [1.165, 1.54) is 0 Å². The summed E-state index contributed by atoms with van der Waals surface area (Å²) in [5, 5.41) is 11.9. The van der Waals surface area contributed by atoms with E-state index >= 15 is 0 Å². The van der Waals surface area contributed by atoms with Crippen LogP contribution in [0.5, 0.6) is 0 Å². The number of aromatic nitrogens is 2. The van der Waals surface area contributed by atoms with Crippen molar-refractivity contribution in [3.63, 3.8) is 0 Å². The van der Waals surface area contributed by atoms with Gasteiger partial charge in [-0.25, -0.2) is 0 Å². The summed E-state index contributed by atoms with van der Waals surface area (Å²) in [4.78, 5) is 0. The van der Waals surface area contributed by atoms with Gasteiger partial charge < -0.3 is 5.21 Å². The average molecular weight is 185 g/mol. The van der Waals surface area contributed by atoms with Gasteiger partial charge in [-0.15, -0.1) is 0 Å². The molecule has 0 spiro atoms. The highest BCUT2D eigenvalue weighted by Crippen LogP contribution is 2.09. The van der Waals surface area contributed by atoms with E-state index in [2.05, 4.69) is 13.9 Å². The Bertz CT molecular complexity index is 282. The molecule has 1 heterocycles. The molecule has 0 bridgehead atoms. The summed E-state index contributed by atoms with van der Waals surface area (Å²) in [5.41, 5.74) is 2.19. The Kier molecular flexibility index (Phi) is 3.16. The molecule has 0 radical (unpaired) electrons. The van der Waals surface area contributed by atoms with E-state index < -0.39 is 0 Å². The van der Waals surface area contributed by atoms with Crippen molar-refractivity contribution >= 4 is 17.4 Å². The summed E-state index contributed by atoms with van der Waals surface area (Å²) in [6.07, 6.45) is 1.68. The van der Waals surface area contributed by atoms with Crippen molar-refractivity contribution in [2.45, 2.75) is 26.7 Å². The highest BCUT2D eigenvalue weighted by Gasteiger charge is 2.10. The zero-order valence-electron chi connectivity index (χ0n) is 7.11. The molecule has 0 atom stereocenters. The van der Waals surface area contributed by atoms with Gasteiger partial charge in [-0.05, 0) is 13.3 Å². The van der Waals surface area contributed by atoms with Crippen molar-refractivity contribution in [1.82, 2.24) is 8.75 Å². The average Bonchev–Trinajstić information content (AvgIpc) is 2.47. The van der Waals surface area contributed by atoms with E-state index in [1.807, 2.05) is 13.8 Å². The minimum atomic E-state index is 0.628. The predicted molar refractivity (Wildman–Crippen MR) is 47.9 cm³/mol. The summed E-state index contributed by atoms with van der Waals surface area (Å²) in [6, 6.07) is 0. The van der Waals surface area contributed by atoms with Crippen LogP contribution in [0.3, 0.4) is 0 Å². The molecule has 5 heteroatoms. The van der Waals surface area contributed by atoms with Gasteiger partial charge in [0.25, 0.3) is 0 Å². The molecule has 0 aliphatic rings. The van der Waals surface area contributed by atoms with Crippen molar-refractivity contribution in [2.75, 3.05) is 0 Å². The summed E-state index contributed by atoms with van der Waals surface area (Å²) in [5.74, 6) is 0. The molecular formula is C7H11N3OS. The molecule has 1 aromatic rings. The highest BCUT2D eigenvalue weighted by molar-refractivity contribution is 6.99. The Morgan fingerprint density at radius 1 is 1.58 bits per heavy atom. The first kappa shape index (κ1) is 9.12. The van der Waals surface area contributed by atoms with Crippen molar-refractivity contribution in [2.24, 2.45) is 5.16 Å². The Hall–Kier alpha value is -0.970. The van der Waals surface area contributed by atoms with E-state index in [0.717, 1.165) is 36.0 Å². The lowest BCUT2D eigenvalue weighted by atomic mass is 10.1. The smallest absolute Gasteiger partial charge is 0.125 e. The molecule has 12 heavy (non-hydrogen) atoms. The molecule has 0 amide bonds. The monoisotopic (exact) mass is 185 g/mol. The van der Waals surface area contributed by atoms with Gasteiger partial charge in [-0.3, -0.25) is 0 Å². The highest BCUT2D eigenvalue weighted by atomic mass is 32.1. The number of aryl methyl sites for hydroxylation is 1. The maximum Gasteiger partial charge on any atom is 0.125 e. The molecule has 0 aromatic carbocycles. The largest absolute Gasteiger partial charge is 0.411 e. The van der Waals surface area contributed by atoms with Crippen LogP contribution in [0.25, 0.3) is 0 Å². The number of hydrogen-bond donors (Lipinski definition) is 1. The lowest BCUT2D eigenvalue weighted by molar-refractivity contribution is 0.317. The number of rotatable bonds is 3. The van der Waals surface area contributed by atoms with Gasteiger partial charge in [-0.2, -0.15) is 8.75 Å². The van der Waals surface area contributed by atoms with Gasteiger partial charge in [-0.1, -0.05) is 18.5 Å². The predicted octanol–water partition coefficient (Wildman–Crippen LogP) is 1.82. The Morgan fingerprint density at radius 2 is 2.33 bits per heavy atom. The van der Waals surface area contributed by atoms with Gasteiger partial charge in [0.05, 0.1) is 17.4 Å². The number of oxime groups is 1. The molecule has 66 valence electrons. The molecule has 0 unspecified atom stereocenters. The van der Waals surface area contributed by atoms with Crippen molar-refractivity contribution in [3.8, 4) is 0 Å². The molecule has 4 nitrogen and oxygen atoms in total. The minimum absolute atomic E-state index is 0.628. The van der Waals surface area contributed by atoms with Crippen molar-refractivity contribution in [3.05, 3.63) is 11.4 Å². The molecule has 0 saturated carbocycles. The first-order valence-corrected chi connectivity index (χ1v) is 4.53. The Labute approximate surface area is 75.3 Å². The van der Waals surface area contributed by atoms with Crippen LogP contribution < -0.4 is 0 Å². The third kappa shape index (κ3) is 1.79. The van der Waals surface area contributed by atoms with Crippen LogP contribution in [-0.4, -0.2) is 19.7 Å². The summed E-state index contributed by atoms with van der Waals surface area (Å²) in [6.45, 7) is 3.89. The van der Waals surface area contributed by atoms with Crippen LogP contribution in [0.2, 0.25) is 0 Å². The number of nitrogens with zero attached hydrogens (tertiary/aromatic N) is 3. The number of hydrogen-bond acceptors (Lipinski definition) is 5. The molecular weight excluding hydrogens is 174 g/mol. The second-order valence-electron chi connectivity index (χ2n) is 2.49. The molecule has 0 saturated heterocycles. The fourth-order valence-corrected chi connectivity index (χ4v) is 1.51. The Morgan fingerprint density at radius 3 is 2.75 bits per heavy atom. The quantitative estimate of drug-likeness (QED) is 0.444. The van der Waals surface area contributed by atoms with Crippen LogP contribution in [-0.2, 0) is 0 Å². The topological polar surface area (TPSA) is 58.4 Å². The molecule has 0 fully saturated rings. The first-order chi connectivity index (χ1) is 5.79. The lowest BCUT2D eigenvalue weighted by Crippen LogP contribution is -2.02. The van der Waals surface area contributed by atoms with Gasteiger partial charge in [0.15, 0.2) is 0 Å². The van der Waals surface area contributed by atoms with Crippen LogP contribution in [0.15, 0.2) is 5.16 Å². The van der Waals surface area contributed by atoms with Crippen LogP contribution in [0, 0.1) is 6.92 Å². The van der Waals surface area contributed by atoms with E-state index in [4.69, 9.17) is 5.21 Å². The van der Waals surface area contributed by atoms with E-state index in [0.29, 0.717) is 5.71 Å². The van der Waals surface area contributed by atoms with Gasteiger partial charge >= 0.3 is 0 Å². The molecule has 0 aliphatic heterocycles. The zero-order valence-corrected chi connectivity index (χ0v) is 7.93. The normalized spacial score (nSPS) is 12.0. The second-order valence-corrected chi connectivity index (χ2v) is 3.02. The van der Waals surface area contributed by atoms with Crippen LogP contribution in [0.4, 0.5) is 0 Å². The third-order valence-electron chi connectivity index (χ3n) is 1.53. The van der Waals surface area contributed by atoms with Crippen LogP contribution in [0.1, 0.15) is 31.2 Å². The van der Waals surface area contributed by atoms with Gasteiger partial charge in [0.1, 0.15) is 11.4 Å². The first-order valence-electron chi connectivity index (χ1n) is 3.80. The SMILES string of the molecule is CCC/C(=N/O)c1nsnc1C. The minimum Gasteiger partial charge on any atom is -0.411 e. The summed E-state index contributed by atoms with van der Waals surface area (Å²) >= 11 is 1.14. The lowest BCUT2D eigenvalue weighted by Gasteiger charge is -1.97. The fourth-order valence-electron chi connectivity index (χ4n) is 0.946. The maximum atomic E-state index is 8.68. The molecule has 1 rings (SSSR count). The fraction of sp³-hybridized carbons (Fsp3) is 0.571. The van der Waals surface area contributed by atoms with Crippen molar-refractivity contribution in [1.29, 1.82) is 0 Å². The third-order valence-corrected chi connectivity index (χ3v) is 2.15. The Balaban J connectivity index is 2.88. The summed E-state index contributed by atoms with van der Waals surface area (Å²) < 4.78 is 8.05. The molecule has 1 N–H and O–H groups in total.